The summed E-state index contributed by atoms with van der Waals surface area (Å²) in [5, 5.41) is 7.17. The van der Waals surface area contributed by atoms with E-state index in [4.69, 9.17) is 4.74 Å². The van der Waals surface area contributed by atoms with Crippen LogP contribution in [-0.2, 0) is 9.53 Å². The van der Waals surface area contributed by atoms with Gasteiger partial charge in [-0.25, -0.2) is 4.79 Å². The van der Waals surface area contributed by atoms with Gasteiger partial charge < -0.3 is 4.74 Å². The van der Waals surface area contributed by atoms with Gasteiger partial charge in [-0.05, 0) is 43.3 Å². The van der Waals surface area contributed by atoms with Gasteiger partial charge in [0.2, 0.25) is 0 Å². The molecule has 3 aromatic carbocycles. The van der Waals surface area contributed by atoms with Crippen molar-refractivity contribution in [2.24, 2.45) is 0 Å². The predicted molar refractivity (Wildman–Crippen MR) is 114 cm³/mol. The summed E-state index contributed by atoms with van der Waals surface area (Å²) >= 11 is 0. The van der Waals surface area contributed by atoms with Crippen LogP contribution in [0.25, 0.3) is 0 Å². The lowest BCUT2D eigenvalue weighted by Gasteiger charge is -2.26. The van der Waals surface area contributed by atoms with Crippen molar-refractivity contribution < 1.29 is 9.53 Å². The minimum Gasteiger partial charge on any atom is -0.463 e. The molecule has 0 aliphatic heterocycles. The maximum absolute atomic E-state index is 11.8. The number of carbonyl (C=O) groups is 1. The summed E-state index contributed by atoms with van der Waals surface area (Å²) in [6, 6.07) is 31.2. The van der Waals surface area contributed by atoms with Crippen LogP contribution >= 0.6 is 7.41 Å². The third kappa shape index (κ3) is 4.27. The number of nitrogens with one attached hydrogen (secondary N) is 1. The summed E-state index contributed by atoms with van der Waals surface area (Å²) in [4.78, 5) is 11.8. The molecule has 3 aromatic rings. The van der Waals surface area contributed by atoms with E-state index in [1.54, 1.807) is 13.1 Å². The van der Waals surface area contributed by atoms with Crippen LogP contribution in [0.2, 0.25) is 0 Å². The fraction of sp³-hybridized carbons (Fsp3) is 0.0870. The van der Waals surface area contributed by atoms with E-state index >= 15 is 0 Å². The Labute approximate surface area is 161 Å². The van der Waals surface area contributed by atoms with E-state index in [9.17, 15) is 4.79 Å². The largest absolute Gasteiger partial charge is 0.463 e. The molecule has 0 atom stereocenters. The SMILES string of the molecule is CCOC(=O)/C=C/N[P+](c1ccccc1)(c1ccccc1)c1ccccc1. The van der Waals surface area contributed by atoms with Gasteiger partial charge in [0.25, 0.3) is 0 Å². The summed E-state index contributed by atoms with van der Waals surface area (Å²) in [7, 11) is -2.17. The van der Waals surface area contributed by atoms with Crippen molar-refractivity contribution >= 4 is 29.3 Å². The van der Waals surface area contributed by atoms with E-state index in [-0.39, 0.29) is 5.97 Å². The van der Waals surface area contributed by atoms with Crippen LogP contribution in [0.3, 0.4) is 0 Å². The van der Waals surface area contributed by atoms with Gasteiger partial charge in [0.15, 0.2) is 7.41 Å². The molecular formula is C23H23NO2P+. The number of hydrogen-bond donors (Lipinski definition) is 1. The second kappa shape index (κ2) is 9.16. The Balaban J connectivity index is 2.15. The van der Waals surface area contributed by atoms with Gasteiger partial charge in [-0.15, -0.1) is 0 Å². The highest BCUT2D eigenvalue weighted by Crippen LogP contribution is 2.51. The highest BCUT2D eigenvalue weighted by atomic mass is 31.2. The lowest BCUT2D eigenvalue weighted by atomic mass is 10.4. The number of carbonyl (C=O) groups excluding carboxylic acids is 1. The molecule has 27 heavy (non-hydrogen) atoms. The van der Waals surface area contributed by atoms with Crippen LogP contribution in [0.5, 0.6) is 0 Å². The minimum atomic E-state index is -2.17. The Morgan fingerprint density at radius 2 is 1.22 bits per heavy atom. The van der Waals surface area contributed by atoms with E-state index < -0.39 is 7.41 Å². The smallest absolute Gasteiger partial charge is 0.332 e. The van der Waals surface area contributed by atoms with Crippen molar-refractivity contribution in [2.75, 3.05) is 6.61 Å². The molecule has 0 fully saturated rings. The number of ether oxygens (including phenoxy) is 1. The Hall–Kier alpha value is -2.90. The molecular weight excluding hydrogens is 353 g/mol. The minimum absolute atomic E-state index is 0.350. The van der Waals surface area contributed by atoms with Crippen LogP contribution < -0.4 is 21.0 Å². The molecule has 3 rings (SSSR count). The zero-order chi connectivity index (χ0) is 19.0. The van der Waals surface area contributed by atoms with Crippen LogP contribution in [-0.4, -0.2) is 12.6 Å². The second-order valence-electron chi connectivity index (χ2n) is 5.89. The number of rotatable bonds is 7. The van der Waals surface area contributed by atoms with Crippen molar-refractivity contribution in [3.8, 4) is 0 Å². The average molecular weight is 376 g/mol. The van der Waals surface area contributed by atoms with Gasteiger partial charge in [-0.2, -0.15) is 0 Å². The summed E-state index contributed by atoms with van der Waals surface area (Å²) in [5.41, 5.74) is 0. The molecule has 3 nitrogen and oxygen atoms in total. The van der Waals surface area contributed by atoms with Crippen LogP contribution in [0.4, 0.5) is 0 Å². The predicted octanol–water partition coefficient (Wildman–Crippen LogP) is 3.56. The van der Waals surface area contributed by atoms with Gasteiger partial charge >= 0.3 is 5.97 Å². The fourth-order valence-electron chi connectivity index (χ4n) is 3.03. The van der Waals surface area contributed by atoms with E-state index in [0.717, 1.165) is 0 Å². The Kier molecular flexibility index (Phi) is 6.40. The van der Waals surface area contributed by atoms with Crippen molar-refractivity contribution in [1.82, 2.24) is 5.09 Å². The molecule has 0 aliphatic carbocycles. The van der Waals surface area contributed by atoms with Gasteiger partial charge in [0.05, 0.1) is 6.61 Å². The molecule has 0 saturated carbocycles. The Morgan fingerprint density at radius 3 is 1.59 bits per heavy atom. The summed E-state index contributed by atoms with van der Waals surface area (Å²) in [5.74, 6) is -0.350. The van der Waals surface area contributed by atoms with E-state index in [2.05, 4.69) is 41.5 Å². The van der Waals surface area contributed by atoms with Crippen molar-refractivity contribution in [1.29, 1.82) is 0 Å². The maximum atomic E-state index is 11.8. The molecule has 0 unspecified atom stereocenters. The topological polar surface area (TPSA) is 38.3 Å². The fourth-order valence-corrected chi connectivity index (χ4v) is 6.53. The average Bonchev–Trinajstić information content (AvgIpc) is 2.73. The highest BCUT2D eigenvalue weighted by molar-refractivity contribution is 7.94. The number of esters is 1. The zero-order valence-corrected chi connectivity index (χ0v) is 16.2. The monoisotopic (exact) mass is 376 g/mol. The van der Waals surface area contributed by atoms with E-state index in [0.29, 0.717) is 6.61 Å². The second-order valence-corrected chi connectivity index (χ2v) is 9.04. The van der Waals surface area contributed by atoms with Crippen molar-refractivity contribution in [2.45, 2.75) is 6.92 Å². The molecule has 0 heterocycles. The standard InChI is InChI=1S/C23H22NO2P/c1-2-26-23(25)18-19-24-27(20-12-6-3-7-13-20,21-14-8-4-9-15-21)22-16-10-5-11-17-22/h3-19H,2H2,1H3/p+1. The maximum Gasteiger partial charge on any atom is 0.332 e. The first-order valence-electron chi connectivity index (χ1n) is 8.94. The molecule has 0 saturated heterocycles. The molecule has 0 amide bonds. The molecule has 0 spiro atoms. The normalized spacial score (nSPS) is 11.3. The lowest BCUT2D eigenvalue weighted by Crippen LogP contribution is -2.38. The first kappa shape index (κ1) is 18.9. The van der Waals surface area contributed by atoms with Crippen LogP contribution in [0.15, 0.2) is 103 Å². The first-order chi connectivity index (χ1) is 13.3. The summed E-state index contributed by atoms with van der Waals surface area (Å²) < 4.78 is 5.02. The molecule has 136 valence electrons. The molecule has 4 heteroatoms. The summed E-state index contributed by atoms with van der Waals surface area (Å²) in [6.07, 6.45) is 3.17. The van der Waals surface area contributed by atoms with Gasteiger partial charge in [-0.3, -0.25) is 5.09 Å². The summed E-state index contributed by atoms with van der Waals surface area (Å²) in [6.45, 7) is 2.16. The third-order valence-corrected chi connectivity index (χ3v) is 7.96. The lowest BCUT2D eigenvalue weighted by molar-refractivity contribution is -0.137. The molecule has 0 aromatic heterocycles. The molecule has 1 N–H and O–H groups in total. The van der Waals surface area contributed by atoms with Gasteiger partial charge in [0.1, 0.15) is 15.9 Å². The van der Waals surface area contributed by atoms with E-state index in [1.165, 1.54) is 22.0 Å². The van der Waals surface area contributed by atoms with E-state index in [1.807, 2.05) is 54.6 Å². The molecule has 0 aliphatic rings. The third-order valence-electron chi connectivity index (χ3n) is 4.20. The zero-order valence-electron chi connectivity index (χ0n) is 15.3. The van der Waals surface area contributed by atoms with Crippen LogP contribution in [0.1, 0.15) is 6.92 Å². The highest BCUT2D eigenvalue weighted by Gasteiger charge is 2.45. The first-order valence-corrected chi connectivity index (χ1v) is 10.7. The Bertz CT molecular complexity index is 783. The molecule has 0 bridgehead atoms. The molecule has 0 radical (unpaired) electrons. The van der Waals surface area contributed by atoms with Crippen LogP contribution in [0, 0.1) is 0 Å². The van der Waals surface area contributed by atoms with Gasteiger partial charge in [-0.1, -0.05) is 54.6 Å². The van der Waals surface area contributed by atoms with Gasteiger partial charge in [0, 0.05) is 12.3 Å². The Morgan fingerprint density at radius 1 is 0.815 bits per heavy atom. The number of hydrogen-bond acceptors (Lipinski definition) is 3. The van der Waals surface area contributed by atoms with Crippen molar-refractivity contribution in [3.05, 3.63) is 103 Å². The van der Waals surface area contributed by atoms with Crippen molar-refractivity contribution in [3.63, 3.8) is 0 Å². The quantitative estimate of drug-likeness (QED) is 0.389. The number of benzene rings is 3.